The second-order valence-corrected chi connectivity index (χ2v) is 7.17. The monoisotopic (exact) mass is 364 g/mol. The Kier molecular flexibility index (Phi) is 5.95. The first-order chi connectivity index (χ1) is 11.6. The first-order valence-corrected chi connectivity index (χ1v) is 8.44. The molecule has 0 spiro atoms. The lowest BCUT2D eigenvalue weighted by molar-refractivity contribution is -0.157. The highest BCUT2D eigenvalue weighted by Gasteiger charge is 2.40. The van der Waals surface area contributed by atoms with Crippen molar-refractivity contribution in [2.75, 3.05) is 13.1 Å². The van der Waals surface area contributed by atoms with E-state index in [9.17, 15) is 27.6 Å². The molecule has 1 saturated carbocycles. The van der Waals surface area contributed by atoms with E-state index < -0.39 is 42.0 Å². The minimum Gasteiger partial charge on any atom is -0.481 e. The van der Waals surface area contributed by atoms with Gasteiger partial charge in [0.1, 0.15) is 6.54 Å². The van der Waals surface area contributed by atoms with E-state index in [-0.39, 0.29) is 25.8 Å². The lowest BCUT2D eigenvalue weighted by Gasteiger charge is -2.35. The molecule has 6 nitrogen and oxygen atoms in total. The van der Waals surface area contributed by atoms with Crippen molar-refractivity contribution in [2.24, 2.45) is 5.41 Å². The van der Waals surface area contributed by atoms with Gasteiger partial charge in [-0.3, -0.25) is 14.4 Å². The molecule has 1 atom stereocenters. The average molecular weight is 364 g/mol. The fraction of sp³-hybridized carbons (Fsp3) is 0.812. The van der Waals surface area contributed by atoms with Gasteiger partial charge in [-0.15, -0.1) is 0 Å². The van der Waals surface area contributed by atoms with Crippen LogP contribution in [0.25, 0.3) is 0 Å². The number of hydrogen-bond donors (Lipinski definition) is 2. The fourth-order valence-electron chi connectivity index (χ4n) is 3.90. The predicted molar refractivity (Wildman–Crippen MR) is 81.6 cm³/mol. The van der Waals surface area contributed by atoms with Gasteiger partial charge in [0.15, 0.2) is 0 Å². The van der Waals surface area contributed by atoms with Gasteiger partial charge < -0.3 is 15.3 Å². The molecule has 1 aliphatic heterocycles. The summed E-state index contributed by atoms with van der Waals surface area (Å²) in [6, 6.07) is -0.659. The lowest BCUT2D eigenvalue weighted by atomic mass is 9.69. The Labute approximate surface area is 143 Å². The number of carboxylic acid groups (broad SMARTS) is 1. The maximum absolute atomic E-state index is 12.4. The Morgan fingerprint density at radius 2 is 1.84 bits per heavy atom. The number of likely N-dealkylation sites (tertiary alicyclic amines) is 1. The van der Waals surface area contributed by atoms with Crippen LogP contribution < -0.4 is 5.32 Å². The molecular formula is C16H23F3N2O4. The number of halogens is 3. The predicted octanol–water partition coefficient (Wildman–Crippen LogP) is 2.08. The lowest BCUT2D eigenvalue weighted by Crippen LogP contribution is -2.42. The molecule has 142 valence electrons. The second-order valence-electron chi connectivity index (χ2n) is 7.17. The van der Waals surface area contributed by atoms with E-state index in [0.29, 0.717) is 17.7 Å². The standard InChI is InChI=1S/C16H23F3N2O4/c17-16(18,19)10-21-9-11(6-13(21)23)20-12(22)7-15(8-14(24)25)4-2-1-3-5-15/h11H,1-10H2,(H,20,22)(H,24,25)/t11-/m1/s1. The first kappa shape index (κ1) is 19.5. The summed E-state index contributed by atoms with van der Waals surface area (Å²) in [5, 5.41) is 11.7. The van der Waals surface area contributed by atoms with Gasteiger partial charge in [0.2, 0.25) is 11.8 Å². The summed E-state index contributed by atoms with van der Waals surface area (Å²) >= 11 is 0. The van der Waals surface area contributed by atoms with Crippen molar-refractivity contribution in [1.29, 1.82) is 0 Å². The quantitative estimate of drug-likeness (QED) is 0.756. The van der Waals surface area contributed by atoms with E-state index in [2.05, 4.69) is 5.32 Å². The zero-order chi connectivity index (χ0) is 18.7. The number of amides is 2. The Hall–Kier alpha value is -1.80. The molecule has 1 aliphatic carbocycles. The van der Waals surface area contributed by atoms with Gasteiger partial charge in [-0.1, -0.05) is 19.3 Å². The molecule has 25 heavy (non-hydrogen) atoms. The van der Waals surface area contributed by atoms with Crippen molar-refractivity contribution in [1.82, 2.24) is 10.2 Å². The molecule has 0 unspecified atom stereocenters. The van der Waals surface area contributed by atoms with Crippen molar-refractivity contribution >= 4 is 17.8 Å². The zero-order valence-corrected chi connectivity index (χ0v) is 13.9. The zero-order valence-electron chi connectivity index (χ0n) is 13.9. The third-order valence-electron chi connectivity index (χ3n) is 4.93. The van der Waals surface area contributed by atoms with Crippen LogP contribution in [0.3, 0.4) is 0 Å². The fourth-order valence-corrected chi connectivity index (χ4v) is 3.90. The van der Waals surface area contributed by atoms with Crippen LogP contribution >= 0.6 is 0 Å². The number of carbonyl (C=O) groups excluding carboxylic acids is 2. The smallest absolute Gasteiger partial charge is 0.406 e. The normalized spacial score (nSPS) is 23.6. The van der Waals surface area contributed by atoms with Gasteiger partial charge >= 0.3 is 12.1 Å². The number of carboxylic acids is 1. The number of nitrogens with one attached hydrogen (secondary N) is 1. The number of carbonyl (C=O) groups is 3. The maximum atomic E-state index is 12.4. The molecule has 2 N–H and O–H groups in total. The number of nitrogens with zero attached hydrogens (tertiary/aromatic N) is 1. The molecule has 2 rings (SSSR count). The Morgan fingerprint density at radius 1 is 1.20 bits per heavy atom. The van der Waals surface area contributed by atoms with E-state index in [1.807, 2.05) is 0 Å². The van der Waals surface area contributed by atoms with Crippen LogP contribution in [0.4, 0.5) is 13.2 Å². The van der Waals surface area contributed by atoms with Crippen LogP contribution in [-0.2, 0) is 14.4 Å². The van der Waals surface area contributed by atoms with Crippen molar-refractivity contribution in [3.8, 4) is 0 Å². The maximum Gasteiger partial charge on any atom is 0.406 e. The molecule has 1 heterocycles. The summed E-state index contributed by atoms with van der Waals surface area (Å²) in [5.74, 6) is -1.99. The molecule has 2 aliphatic rings. The summed E-state index contributed by atoms with van der Waals surface area (Å²) in [5.41, 5.74) is -0.595. The minimum absolute atomic E-state index is 0.0310. The third-order valence-corrected chi connectivity index (χ3v) is 4.93. The summed E-state index contributed by atoms with van der Waals surface area (Å²) in [6.07, 6.45) is -0.660. The molecule has 0 bridgehead atoms. The van der Waals surface area contributed by atoms with E-state index in [1.165, 1.54) is 0 Å². The number of rotatable bonds is 6. The molecular weight excluding hydrogens is 341 g/mol. The van der Waals surface area contributed by atoms with Gasteiger partial charge in [0.25, 0.3) is 0 Å². The van der Waals surface area contributed by atoms with E-state index in [4.69, 9.17) is 5.11 Å². The van der Waals surface area contributed by atoms with Crippen LogP contribution in [0.2, 0.25) is 0 Å². The SMILES string of the molecule is O=C(O)CC1(CC(=O)N[C@@H]2CC(=O)N(CC(F)(F)F)C2)CCCCC1. The molecule has 0 aromatic carbocycles. The van der Waals surface area contributed by atoms with Crippen LogP contribution in [0, 0.1) is 5.41 Å². The molecule has 1 saturated heterocycles. The molecule has 2 fully saturated rings. The van der Waals surface area contributed by atoms with Gasteiger partial charge in [-0.2, -0.15) is 13.2 Å². The number of aliphatic carboxylic acids is 1. The van der Waals surface area contributed by atoms with E-state index in [0.717, 1.165) is 19.3 Å². The van der Waals surface area contributed by atoms with E-state index in [1.54, 1.807) is 0 Å². The van der Waals surface area contributed by atoms with Crippen molar-refractivity contribution in [3.05, 3.63) is 0 Å². The largest absolute Gasteiger partial charge is 0.481 e. The van der Waals surface area contributed by atoms with Crippen molar-refractivity contribution < 1.29 is 32.7 Å². The van der Waals surface area contributed by atoms with Gasteiger partial charge in [-0.05, 0) is 18.3 Å². The molecule has 0 aromatic rings. The summed E-state index contributed by atoms with van der Waals surface area (Å²) in [6.45, 7) is -1.49. The highest BCUT2D eigenvalue weighted by atomic mass is 19.4. The first-order valence-electron chi connectivity index (χ1n) is 8.44. The summed E-state index contributed by atoms with van der Waals surface area (Å²) in [7, 11) is 0. The highest BCUT2D eigenvalue weighted by Crippen LogP contribution is 2.42. The van der Waals surface area contributed by atoms with Crippen LogP contribution in [0.1, 0.15) is 51.4 Å². The summed E-state index contributed by atoms with van der Waals surface area (Å²) in [4.78, 5) is 35.8. The number of hydrogen-bond acceptors (Lipinski definition) is 3. The van der Waals surface area contributed by atoms with Crippen LogP contribution in [0.15, 0.2) is 0 Å². The van der Waals surface area contributed by atoms with Crippen molar-refractivity contribution in [3.63, 3.8) is 0 Å². The Bertz CT molecular complexity index is 530. The van der Waals surface area contributed by atoms with Gasteiger partial charge in [0, 0.05) is 19.4 Å². The summed E-state index contributed by atoms with van der Waals surface area (Å²) < 4.78 is 37.2. The number of alkyl halides is 3. The Morgan fingerprint density at radius 3 is 2.40 bits per heavy atom. The van der Waals surface area contributed by atoms with Crippen LogP contribution in [0.5, 0.6) is 0 Å². The molecule has 0 aromatic heterocycles. The molecule has 0 radical (unpaired) electrons. The minimum atomic E-state index is -4.47. The molecule has 2 amide bonds. The van der Waals surface area contributed by atoms with Crippen molar-refractivity contribution in [2.45, 2.75) is 63.6 Å². The highest BCUT2D eigenvalue weighted by molar-refractivity contribution is 5.83. The average Bonchev–Trinajstić information content (AvgIpc) is 2.75. The van der Waals surface area contributed by atoms with Crippen LogP contribution in [-0.4, -0.2) is 53.1 Å². The second kappa shape index (κ2) is 7.61. The van der Waals surface area contributed by atoms with Gasteiger partial charge in [-0.25, -0.2) is 0 Å². The topological polar surface area (TPSA) is 86.7 Å². The van der Waals surface area contributed by atoms with Gasteiger partial charge in [0.05, 0.1) is 12.5 Å². The molecule has 9 heteroatoms. The Balaban J connectivity index is 1.90. The van der Waals surface area contributed by atoms with E-state index >= 15 is 0 Å². The third kappa shape index (κ3) is 5.89.